The molecule has 0 spiro atoms. The highest BCUT2D eigenvalue weighted by Gasteiger charge is 2.15. The van der Waals surface area contributed by atoms with Crippen molar-refractivity contribution < 1.29 is 0 Å². The van der Waals surface area contributed by atoms with Crippen LogP contribution < -0.4 is 5.32 Å². The number of rotatable bonds is 0. The van der Waals surface area contributed by atoms with Crippen molar-refractivity contribution in [2.45, 2.75) is 6.54 Å². The van der Waals surface area contributed by atoms with Gasteiger partial charge in [-0.3, -0.25) is 4.99 Å². The molecule has 12 heavy (non-hydrogen) atoms. The quantitative estimate of drug-likeness (QED) is 0.647. The topological polar surface area (TPSA) is 24.4 Å². The minimum Gasteiger partial charge on any atom is -0.366 e. The second-order valence-electron chi connectivity index (χ2n) is 2.73. The van der Waals surface area contributed by atoms with E-state index in [2.05, 4.69) is 10.3 Å². The maximum Gasteiger partial charge on any atom is 0.128 e. The SMILES string of the molecule is CN=C1NCc2ccc(Cl)cc21. The van der Waals surface area contributed by atoms with Crippen molar-refractivity contribution in [3.63, 3.8) is 0 Å². The molecule has 0 amide bonds. The lowest BCUT2D eigenvalue weighted by atomic mass is 10.1. The van der Waals surface area contributed by atoms with Crippen LogP contribution in [0.1, 0.15) is 11.1 Å². The molecule has 0 saturated carbocycles. The fourth-order valence-corrected chi connectivity index (χ4v) is 1.57. The van der Waals surface area contributed by atoms with Gasteiger partial charge in [0, 0.05) is 24.2 Å². The fourth-order valence-electron chi connectivity index (χ4n) is 1.40. The summed E-state index contributed by atoms with van der Waals surface area (Å²) in [4.78, 5) is 4.12. The summed E-state index contributed by atoms with van der Waals surface area (Å²) in [6, 6.07) is 5.88. The molecule has 0 aliphatic carbocycles. The standard InChI is InChI=1S/C9H9ClN2/c1-11-9-8-4-7(10)3-2-6(8)5-12-9/h2-4H,5H2,1H3,(H,11,12). The van der Waals surface area contributed by atoms with E-state index < -0.39 is 0 Å². The largest absolute Gasteiger partial charge is 0.366 e. The lowest BCUT2D eigenvalue weighted by molar-refractivity contribution is 0.960. The molecule has 1 aliphatic rings. The van der Waals surface area contributed by atoms with Gasteiger partial charge in [-0.1, -0.05) is 17.7 Å². The second kappa shape index (κ2) is 2.79. The number of nitrogens with one attached hydrogen (secondary N) is 1. The van der Waals surface area contributed by atoms with E-state index in [1.165, 1.54) is 5.56 Å². The van der Waals surface area contributed by atoms with E-state index in [9.17, 15) is 0 Å². The van der Waals surface area contributed by atoms with Crippen LogP contribution in [0.5, 0.6) is 0 Å². The first-order chi connectivity index (χ1) is 5.81. The molecule has 3 heteroatoms. The monoisotopic (exact) mass is 180 g/mol. The average molecular weight is 181 g/mol. The molecule has 0 bridgehead atoms. The Hall–Kier alpha value is -1.02. The lowest BCUT2D eigenvalue weighted by Crippen LogP contribution is -2.14. The number of hydrogen-bond donors (Lipinski definition) is 1. The van der Waals surface area contributed by atoms with E-state index in [0.29, 0.717) is 0 Å². The predicted octanol–water partition coefficient (Wildman–Crippen LogP) is 1.82. The van der Waals surface area contributed by atoms with Crippen LogP contribution in [-0.2, 0) is 6.54 Å². The normalized spacial score (nSPS) is 17.7. The third-order valence-corrected chi connectivity index (χ3v) is 2.23. The molecule has 1 heterocycles. The van der Waals surface area contributed by atoms with Gasteiger partial charge in [-0.15, -0.1) is 0 Å². The third-order valence-electron chi connectivity index (χ3n) is 2.00. The van der Waals surface area contributed by atoms with Gasteiger partial charge in [0.25, 0.3) is 0 Å². The van der Waals surface area contributed by atoms with Crippen LogP contribution in [0.15, 0.2) is 23.2 Å². The van der Waals surface area contributed by atoms with Crippen molar-refractivity contribution in [1.82, 2.24) is 5.32 Å². The number of benzene rings is 1. The molecule has 1 aromatic carbocycles. The molecule has 62 valence electrons. The van der Waals surface area contributed by atoms with Gasteiger partial charge in [0.2, 0.25) is 0 Å². The van der Waals surface area contributed by atoms with Crippen molar-refractivity contribution in [2.75, 3.05) is 7.05 Å². The summed E-state index contributed by atoms with van der Waals surface area (Å²) in [5.74, 6) is 0.938. The Morgan fingerprint density at radius 3 is 3.08 bits per heavy atom. The van der Waals surface area contributed by atoms with Crippen molar-refractivity contribution in [3.05, 3.63) is 34.3 Å². The van der Waals surface area contributed by atoms with Gasteiger partial charge in [-0.05, 0) is 17.7 Å². The first kappa shape index (κ1) is 7.62. The van der Waals surface area contributed by atoms with Crippen molar-refractivity contribution >= 4 is 17.4 Å². The van der Waals surface area contributed by atoms with Gasteiger partial charge in [0.15, 0.2) is 0 Å². The number of hydrogen-bond acceptors (Lipinski definition) is 1. The van der Waals surface area contributed by atoms with E-state index in [1.807, 2.05) is 18.2 Å². The summed E-state index contributed by atoms with van der Waals surface area (Å²) >= 11 is 5.86. The summed E-state index contributed by atoms with van der Waals surface area (Å²) in [7, 11) is 1.78. The Bertz CT molecular complexity index is 344. The smallest absolute Gasteiger partial charge is 0.128 e. The predicted molar refractivity (Wildman–Crippen MR) is 50.8 cm³/mol. The number of fused-ring (bicyclic) bond motifs is 1. The molecule has 0 atom stereocenters. The molecule has 0 fully saturated rings. The average Bonchev–Trinajstić information content (AvgIpc) is 2.46. The van der Waals surface area contributed by atoms with Crippen molar-refractivity contribution in [2.24, 2.45) is 4.99 Å². The van der Waals surface area contributed by atoms with Gasteiger partial charge in [-0.2, -0.15) is 0 Å². The number of amidine groups is 1. The maximum absolute atomic E-state index is 5.86. The van der Waals surface area contributed by atoms with Gasteiger partial charge >= 0.3 is 0 Å². The molecule has 1 aliphatic heterocycles. The lowest BCUT2D eigenvalue weighted by Gasteiger charge is -1.97. The van der Waals surface area contributed by atoms with Gasteiger partial charge < -0.3 is 5.32 Å². The van der Waals surface area contributed by atoms with Crippen LogP contribution in [-0.4, -0.2) is 12.9 Å². The zero-order chi connectivity index (χ0) is 8.55. The van der Waals surface area contributed by atoms with Crippen molar-refractivity contribution in [3.8, 4) is 0 Å². The highest BCUT2D eigenvalue weighted by Crippen LogP contribution is 2.20. The first-order valence-corrected chi connectivity index (χ1v) is 4.18. The van der Waals surface area contributed by atoms with Gasteiger partial charge in [0.05, 0.1) is 0 Å². The zero-order valence-corrected chi connectivity index (χ0v) is 7.52. The van der Waals surface area contributed by atoms with Crippen molar-refractivity contribution in [1.29, 1.82) is 0 Å². The van der Waals surface area contributed by atoms with Crippen LogP contribution in [0, 0.1) is 0 Å². The van der Waals surface area contributed by atoms with Gasteiger partial charge in [-0.25, -0.2) is 0 Å². The third kappa shape index (κ3) is 1.08. The van der Waals surface area contributed by atoms with E-state index in [1.54, 1.807) is 7.05 Å². The molecular weight excluding hydrogens is 172 g/mol. The number of aliphatic imine (C=N–C) groups is 1. The molecule has 2 rings (SSSR count). The summed E-state index contributed by atoms with van der Waals surface area (Å²) < 4.78 is 0. The zero-order valence-electron chi connectivity index (χ0n) is 6.76. The van der Waals surface area contributed by atoms with Crippen LogP contribution >= 0.6 is 11.6 Å². The van der Waals surface area contributed by atoms with Crippen LogP contribution in [0.3, 0.4) is 0 Å². The molecule has 1 N–H and O–H groups in total. The molecule has 0 aromatic heterocycles. The van der Waals surface area contributed by atoms with E-state index in [-0.39, 0.29) is 0 Å². The van der Waals surface area contributed by atoms with Gasteiger partial charge in [0.1, 0.15) is 5.84 Å². The molecular formula is C9H9ClN2. The molecule has 2 nitrogen and oxygen atoms in total. The first-order valence-electron chi connectivity index (χ1n) is 3.80. The Labute approximate surface area is 76.3 Å². The van der Waals surface area contributed by atoms with Crippen LogP contribution in [0.2, 0.25) is 5.02 Å². The van der Waals surface area contributed by atoms with Crippen LogP contribution in [0.25, 0.3) is 0 Å². The summed E-state index contributed by atoms with van der Waals surface area (Å²) in [6.45, 7) is 0.860. The second-order valence-corrected chi connectivity index (χ2v) is 3.16. The Morgan fingerprint density at radius 1 is 1.50 bits per heavy atom. The molecule has 1 aromatic rings. The van der Waals surface area contributed by atoms with E-state index in [4.69, 9.17) is 11.6 Å². The molecule has 0 radical (unpaired) electrons. The summed E-state index contributed by atoms with van der Waals surface area (Å²) in [6.07, 6.45) is 0. The Kier molecular flexibility index (Phi) is 1.77. The number of halogens is 1. The maximum atomic E-state index is 5.86. The number of nitrogens with zero attached hydrogens (tertiary/aromatic N) is 1. The van der Waals surface area contributed by atoms with E-state index in [0.717, 1.165) is 23.0 Å². The molecule has 0 unspecified atom stereocenters. The Morgan fingerprint density at radius 2 is 2.33 bits per heavy atom. The minimum atomic E-state index is 0.763. The van der Waals surface area contributed by atoms with E-state index >= 15 is 0 Å². The summed E-state index contributed by atoms with van der Waals surface area (Å²) in [5, 5.41) is 3.95. The molecule has 0 saturated heterocycles. The summed E-state index contributed by atoms with van der Waals surface area (Å²) in [5.41, 5.74) is 2.39. The minimum absolute atomic E-state index is 0.763. The highest BCUT2D eigenvalue weighted by atomic mass is 35.5. The highest BCUT2D eigenvalue weighted by molar-refractivity contribution is 6.31. The van der Waals surface area contributed by atoms with Crippen LogP contribution in [0.4, 0.5) is 0 Å². The Balaban J connectivity index is 2.57. The fraction of sp³-hybridized carbons (Fsp3) is 0.222.